The monoisotopic (exact) mass is 407 g/mol. The van der Waals surface area contributed by atoms with Gasteiger partial charge in [0.05, 0.1) is 22.8 Å². The lowest BCUT2D eigenvalue weighted by Gasteiger charge is -2.36. The quantitative estimate of drug-likeness (QED) is 0.652. The summed E-state index contributed by atoms with van der Waals surface area (Å²) in [6, 6.07) is 12.6. The Morgan fingerprint density at radius 2 is 1.86 bits per heavy atom. The van der Waals surface area contributed by atoms with Gasteiger partial charge in [0.25, 0.3) is 5.56 Å². The largest absolute Gasteiger partial charge is 0.352 e. The van der Waals surface area contributed by atoms with Crippen molar-refractivity contribution >= 4 is 23.2 Å². The van der Waals surface area contributed by atoms with Gasteiger partial charge in [-0.2, -0.15) is 10.4 Å². The Morgan fingerprint density at radius 1 is 1.07 bits per heavy atom. The van der Waals surface area contributed by atoms with Gasteiger partial charge >= 0.3 is 0 Å². The molecule has 1 saturated heterocycles. The first-order valence-corrected chi connectivity index (χ1v) is 9.55. The lowest BCUT2D eigenvalue weighted by Crippen LogP contribution is -2.47. The minimum absolute atomic E-state index is 0.161. The summed E-state index contributed by atoms with van der Waals surface area (Å²) >= 11 is 6.28. The normalized spacial score (nSPS) is 13.9. The van der Waals surface area contributed by atoms with Crippen molar-refractivity contribution in [2.24, 2.45) is 0 Å². The molecule has 1 aliphatic rings. The number of hydrogen-bond acceptors (Lipinski definition) is 7. The number of hydrogen-bond donors (Lipinski definition) is 0. The first-order valence-electron chi connectivity index (χ1n) is 9.17. The van der Waals surface area contributed by atoms with E-state index in [2.05, 4.69) is 24.9 Å². The number of nitriles is 1. The van der Waals surface area contributed by atoms with Crippen molar-refractivity contribution in [2.75, 3.05) is 36.0 Å². The molecule has 0 atom stereocenters. The van der Waals surface area contributed by atoms with E-state index in [4.69, 9.17) is 16.9 Å². The van der Waals surface area contributed by atoms with E-state index in [-0.39, 0.29) is 5.56 Å². The van der Waals surface area contributed by atoms with Gasteiger partial charge in [0.1, 0.15) is 17.7 Å². The molecule has 0 aliphatic carbocycles. The Kier molecular flexibility index (Phi) is 5.40. The van der Waals surface area contributed by atoms with Crippen molar-refractivity contribution in [3.05, 3.63) is 75.4 Å². The van der Waals surface area contributed by atoms with Crippen LogP contribution in [0.1, 0.15) is 11.3 Å². The van der Waals surface area contributed by atoms with Crippen molar-refractivity contribution in [2.45, 2.75) is 6.54 Å². The van der Waals surface area contributed by atoms with Crippen LogP contribution in [0.25, 0.3) is 0 Å². The second-order valence-electron chi connectivity index (χ2n) is 6.62. The van der Waals surface area contributed by atoms with Crippen LogP contribution in [0.3, 0.4) is 0 Å². The van der Waals surface area contributed by atoms with Gasteiger partial charge in [0, 0.05) is 44.6 Å². The summed E-state index contributed by atoms with van der Waals surface area (Å²) in [7, 11) is 0. The van der Waals surface area contributed by atoms with Crippen LogP contribution in [-0.2, 0) is 6.54 Å². The van der Waals surface area contributed by atoms with Crippen LogP contribution >= 0.6 is 11.6 Å². The van der Waals surface area contributed by atoms with E-state index in [1.165, 1.54) is 16.9 Å². The third-order valence-electron chi connectivity index (χ3n) is 4.74. The summed E-state index contributed by atoms with van der Waals surface area (Å²) < 4.78 is 1.43. The van der Waals surface area contributed by atoms with Crippen molar-refractivity contribution in [1.82, 2.24) is 19.7 Å². The molecule has 3 aromatic heterocycles. The molecule has 146 valence electrons. The zero-order chi connectivity index (χ0) is 20.2. The summed E-state index contributed by atoms with van der Waals surface area (Å²) in [6.45, 7) is 3.18. The molecule has 1 fully saturated rings. The Labute approximate surface area is 172 Å². The van der Waals surface area contributed by atoms with Crippen molar-refractivity contribution < 1.29 is 0 Å². The molecule has 0 saturated carbocycles. The second-order valence-corrected chi connectivity index (χ2v) is 7.03. The summed E-state index contributed by atoms with van der Waals surface area (Å²) in [4.78, 5) is 25.0. The van der Waals surface area contributed by atoms with E-state index in [0.29, 0.717) is 49.1 Å². The molecule has 0 unspecified atom stereocenters. The van der Waals surface area contributed by atoms with E-state index in [1.54, 1.807) is 18.3 Å². The smallest absolute Gasteiger partial charge is 0.267 e. The van der Waals surface area contributed by atoms with Gasteiger partial charge in [0.15, 0.2) is 0 Å². The third-order valence-corrected chi connectivity index (χ3v) is 5.02. The van der Waals surface area contributed by atoms with Crippen molar-refractivity contribution in [1.29, 1.82) is 5.26 Å². The molecule has 0 spiro atoms. The molecule has 8 nitrogen and oxygen atoms in total. The maximum Gasteiger partial charge on any atom is 0.267 e. The van der Waals surface area contributed by atoms with E-state index in [1.807, 2.05) is 24.3 Å². The standard InChI is InChI=1S/C20H18ClN7O/c21-17-11-15(12-22)13-24-20(17)27-9-7-26(8-10-27)18-4-5-19(29)28(25-18)14-16-3-1-2-6-23-16/h1-6,11,13H,7-10,14H2. The van der Waals surface area contributed by atoms with Crippen LogP contribution in [0, 0.1) is 11.3 Å². The highest BCUT2D eigenvalue weighted by atomic mass is 35.5. The second kappa shape index (κ2) is 8.29. The molecular formula is C20H18ClN7O. The predicted molar refractivity (Wildman–Crippen MR) is 110 cm³/mol. The zero-order valence-corrected chi connectivity index (χ0v) is 16.3. The first-order chi connectivity index (χ1) is 14.1. The van der Waals surface area contributed by atoms with E-state index in [9.17, 15) is 4.79 Å². The minimum Gasteiger partial charge on any atom is -0.352 e. The Balaban J connectivity index is 1.47. The van der Waals surface area contributed by atoms with Gasteiger partial charge < -0.3 is 9.80 Å². The van der Waals surface area contributed by atoms with Gasteiger partial charge in [0.2, 0.25) is 0 Å². The zero-order valence-electron chi connectivity index (χ0n) is 15.6. The highest BCUT2D eigenvalue weighted by Crippen LogP contribution is 2.25. The van der Waals surface area contributed by atoms with Gasteiger partial charge in [-0.3, -0.25) is 9.78 Å². The predicted octanol–water partition coefficient (Wildman–Crippen LogP) is 1.93. The topological polar surface area (TPSA) is 90.9 Å². The van der Waals surface area contributed by atoms with Gasteiger partial charge in [-0.1, -0.05) is 17.7 Å². The summed E-state index contributed by atoms with van der Waals surface area (Å²) in [6.07, 6.45) is 3.23. The summed E-state index contributed by atoms with van der Waals surface area (Å²) in [5.74, 6) is 1.43. The maximum atomic E-state index is 12.2. The number of anilines is 2. The fourth-order valence-electron chi connectivity index (χ4n) is 3.24. The molecule has 4 heterocycles. The number of halogens is 1. The molecule has 0 aromatic carbocycles. The molecule has 4 rings (SSSR count). The van der Waals surface area contributed by atoms with Crippen LogP contribution in [-0.4, -0.2) is 45.9 Å². The van der Waals surface area contributed by atoms with Gasteiger partial charge in [-0.25, -0.2) is 9.67 Å². The van der Waals surface area contributed by atoms with E-state index < -0.39 is 0 Å². The fraction of sp³-hybridized carbons (Fsp3) is 0.250. The number of aromatic nitrogens is 4. The first kappa shape index (κ1) is 18.9. The number of piperazine rings is 1. The van der Waals surface area contributed by atoms with Crippen LogP contribution in [0.5, 0.6) is 0 Å². The molecule has 9 heteroatoms. The lowest BCUT2D eigenvalue weighted by atomic mass is 10.2. The van der Waals surface area contributed by atoms with E-state index >= 15 is 0 Å². The average Bonchev–Trinajstić information content (AvgIpc) is 2.76. The molecule has 3 aromatic rings. The molecule has 29 heavy (non-hydrogen) atoms. The van der Waals surface area contributed by atoms with Crippen molar-refractivity contribution in [3.63, 3.8) is 0 Å². The van der Waals surface area contributed by atoms with Crippen LogP contribution in [0.4, 0.5) is 11.6 Å². The highest BCUT2D eigenvalue weighted by Gasteiger charge is 2.21. The van der Waals surface area contributed by atoms with Crippen LogP contribution < -0.4 is 15.4 Å². The molecule has 0 radical (unpaired) electrons. The maximum absolute atomic E-state index is 12.2. The van der Waals surface area contributed by atoms with Crippen LogP contribution in [0.2, 0.25) is 5.02 Å². The molecule has 0 N–H and O–H groups in total. The fourth-order valence-corrected chi connectivity index (χ4v) is 3.52. The van der Waals surface area contributed by atoms with Gasteiger partial charge in [-0.05, 0) is 24.3 Å². The summed E-state index contributed by atoms with van der Waals surface area (Å²) in [5, 5.41) is 13.9. The molecule has 0 amide bonds. The number of pyridine rings is 2. The van der Waals surface area contributed by atoms with Gasteiger partial charge in [-0.15, -0.1) is 0 Å². The van der Waals surface area contributed by atoms with Crippen molar-refractivity contribution in [3.8, 4) is 6.07 Å². The Hall–Kier alpha value is -3.44. The Bertz CT molecular complexity index is 1100. The van der Waals surface area contributed by atoms with Crippen LogP contribution in [0.15, 0.2) is 53.6 Å². The molecule has 1 aliphatic heterocycles. The SMILES string of the molecule is N#Cc1cnc(N2CCN(c3ccc(=O)n(Cc4ccccn4)n3)CC2)c(Cl)c1. The molecular weight excluding hydrogens is 390 g/mol. The summed E-state index contributed by atoms with van der Waals surface area (Å²) in [5.41, 5.74) is 1.06. The molecule has 0 bridgehead atoms. The lowest BCUT2D eigenvalue weighted by molar-refractivity contribution is 0.594. The number of nitrogens with zero attached hydrogens (tertiary/aromatic N) is 7. The van der Waals surface area contributed by atoms with E-state index in [0.717, 1.165) is 11.5 Å². The highest BCUT2D eigenvalue weighted by molar-refractivity contribution is 6.33. The Morgan fingerprint density at radius 3 is 2.55 bits per heavy atom. The number of rotatable bonds is 4. The third kappa shape index (κ3) is 4.20. The average molecular weight is 408 g/mol. The minimum atomic E-state index is -0.161.